The summed E-state index contributed by atoms with van der Waals surface area (Å²) in [6.07, 6.45) is 1.18. The van der Waals surface area contributed by atoms with E-state index in [9.17, 15) is 10.1 Å². The van der Waals surface area contributed by atoms with Gasteiger partial charge in [0, 0.05) is 34.7 Å². The Morgan fingerprint density at radius 3 is 2.75 bits per heavy atom. The number of ether oxygens (including phenoxy) is 1. The van der Waals surface area contributed by atoms with Crippen molar-refractivity contribution in [3.05, 3.63) is 76.9 Å². The van der Waals surface area contributed by atoms with Gasteiger partial charge in [-0.2, -0.15) is 4.98 Å². The zero-order chi connectivity index (χ0) is 19.5. The molecule has 1 aromatic heterocycles. The first kappa shape index (κ1) is 17.9. The summed E-state index contributed by atoms with van der Waals surface area (Å²) in [5.74, 6) is 1.00. The molecule has 0 radical (unpaired) electrons. The highest BCUT2D eigenvalue weighted by Crippen LogP contribution is 2.39. The van der Waals surface area contributed by atoms with E-state index in [-0.39, 0.29) is 5.69 Å². The molecule has 28 heavy (non-hydrogen) atoms. The first-order valence-electron chi connectivity index (χ1n) is 8.41. The van der Waals surface area contributed by atoms with Gasteiger partial charge >= 0.3 is 0 Å². The van der Waals surface area contributed by atoms with Crippen LogP contribution in [-0.2, 0) is 0 Å². The third-order valence-corrected chi connectivity index (χ3v) is 4.90. The third kappa shape index (κ3) is 3.52. The van der Waals surface area contributed by atoms with Crippen molar-refractivity contribution >= 4 is 23.1 Å². The van der Waals surface area contributed by atoms with E-state index in [4.69, 9.17) is 4.74 Å². The molecule has 0 bridgehead atoms. The Bertz CT molecular complexity index is 1040. The minimum Gasteiger partial charge on any atom is -0.448 e. The van der Waals surface area contributed by atoms with E-state index in [1.54, 1.807) is 18.2 Å². The molecule has 0 spiro atoms. The minimum atomic E-state index is -0.586. The Balaban J connectivity index is 1.76. The van der Waals surface area contributed by atoms with Gasteiger partial charge in [0.25, 0.3) is 5.69 Å². The van der Waals surface area contributed by atoms with Crippen molar-refractivity contribution in [3.8, 4) is 17.1 Å². The molecule has 0 saturated heterocycles. The Morgan fingerprint density at radius 1 is 1.21 bits per heavy atom. The molecular formula is C19H15N5O3S. The summed E-state index contributed by atoms with van der Waals surface area (Å²) in [5.41, 5.74) is 2.92. The molecule has 1 aliphatic heterocycles. The van der Waals surface area contributed by atoms with Crippen molar-refractivity contribution in [2.75, 3.05) is 11.1 Å². The van der Waals surface area contributed by atoms with Gasteiger partial charge < -0.3 is 10.1 Å². The predicted molar refractivity (Wildman–Crippen MR) is 106 cm³/mol. The average Bonchev–Trinajstić information content (AvgIpc) is 2.88. The van der Waals surface area contributed by atoms with Crippen LogP contribution in [-0.4, -0.2) is 25.9 Å². The van der Waals surface area contributed by atoms with E-state index in [2.05, 4.69) is 27.1 Å². The standard InChI is InChI=1S/C19H15N5O3S/c1-2-11-28-19-21-18-16(22-23-19)14-5-3-4-6-15(14)20-17(27-18)12-7-9-13(10-8-12)24(25)26/h2-10,17,20H,1,11H2/t17-/m1/s1. The van der Waals surface area contributed by atoms with Crippen LogP contribution in [0.5, 0.6) is 5.88 Å². The van der Waals surface area contributed by atoms with Crippen molar-refractivity contribution in [2.24, 2.45) is 0 Å². The molecule has 1 atom stereocenters. The Hall–Kier alpha value is -3.46. The molecule has 0 aliphatic carbocycles. The van der Waals surface area contributed by atoms with Crippen LogP contribution in [0.3, 0.4) is 0 Å². The van der Waals surface area contributed by atoms with Crippen molar-refractivity contribution in [3.63, 3.8) is 0 Å². The van der Waals surface area contributed by atoms with Crippen LogP contribution in [0.2, 0.25) is 0 Å². The molecular weight excluding hydrogens is 378 g/mol. The minimum absolute atomic E-state index is 0.0188. The Morgan fingerprint density at radius 2 is 2.00 bits per heavy atom. The van der Waals surface area contributed by atoms with Gasteiger partial charge in [-0.1, -0.05) is 36.0 Å². The van der Waals surface area contributed by atoms with E-state index in [1.807, 2.05) is 24.3 Å². The molecule has 3 aromatic rings. The molecule has 0 saturated carbocycles. The zero-order valence-corrected chi connectivity index (χ0v) is 15.4. The van der Waals surface area contributed by atoms with Gasteiger partial charge in [0.2, 0.25) is 11.0 Å². The number of anilines is 1. The summed E-state index contributed by atoms with van der Waals surface area (Å²) in [7, 11) is 0. The SMILES string of the molecule is C=CCSc1nnc2c(n1)O[C@H](c1ccc([N+](=O)[O-])cc1)Nc1ccccc1-2. The van der Waals surface area contributed by atoms with Crippen LogP contribution in [0.15, 0.2) is 66.3 Å². The molecule has 8 nitrogen and oxygen atoms in total. The predicted octanol–water partition coefficient (Wildman–Crippen LogP) is 4.23. The average molecular weight is 393 g/mol. The molecule has 140 valence electrons. The molecule has 9 heteroatoms. The lowest BCUT2D eigenvalue weighted by atomic mass is 10.1. The maximum absolute atomic E-state index is 10.9. The smallest absolute Gasteiger partial charge is 0.269 e. The fourth-order valence-corrected chi connectivity index (χ4v) is 3.28. The van der Waals surface area contributed by atoms with Crippen molar-refractivity contribution in [1.29, 1.82) is 0 Å². The second kappa shape index (κ2) is 7.65. The van der Waals surface area contributed by atoms with Crippen LogP contribution < -0.4 is 10.1 Å². The quantitative estimate of drug-likeness (QED) is 0.297. The van der Waals surface area contributed by atoms with Gasteiger partial charge in [0.15, 0.2) is 11.9 Å². The molecule has 0 amide bonds. The Labute approximate surface area is 164 Å². The molecule has 2 aromatic carbocycles. The van der Waals surface area contributed by atoms with Gasteiger partial charge in [-0.25, -0.2) is 0 Å². The number of rotatable bonds is 5. The number of benzene rings is 2. The second-order valence-corrected chi connectivity index (χ2v) is 6.87. The maximum Gasteiger partial charge on any atom is 0.269 e. The largest absolute Gasteiger partial charge is 0.448 e. The van der Waals surface area contributed by atoms with E-state index in [1.165, 1.54) is 23.9 Å². The number of fused-ring (bicyclic) bond motifs is 3. The third-order valence-electron chi connectivity index (χ3n) is 4.07. The van der Waals surface area contributed by atoms with Crippen LogP contribution in [0.25, 0.3) is 11.3 Å². The summed E-state index contributed by atoms with van der Waals surface area (Å²) in [4.78, 5) is 15.0. The first-order valence-corrected chi connectivity index (χ1v) is 9.39. The van der Waals surface area contributed by atoms with Gasteiger partial charge in [0.05, 0.1) is 4.92 Å². The highest BCUT2D eigenvalue weighted by Gasteiger charge is 2.26. The van der Waals surface area contributed by atoms with Crippen LogP contribution in [0.4, 0.5) is 11.4 Å². The van der Waals surface area contributed by atoms with Crippen molar-refractivity contribution in [2.45, 2.75) is 11.4 Å². The number of hydrogen-bond acceptors (Lipinski definition) is 8. The monoisotopic (exact) mass is 393 g/mol. The number of thioether (sulfide) groups is 1. The molecule has 2 heterocycles. The van der Waals surface area contributed by atoms with Gasteiger partial charge in [-0.15, -0.1) is 16.8 Å². The van der Waals surface area contributed by atoms with Gasteiger partial charge in [-0.05, 0) is 18.2 Å². The lowest BCUT2D eigenvalue weighted by Gasteiger charge is -2.19. The van der Waals surface area contributed by atoms with Crippen LogP contribution in [0.1, 0.15) is 11.8 Å². The fourth-order valence-electron chi connectivity index (χ4n) is 2.76. The summed E-state index contributed by atoms with van der Waals surface area (Å²) < 4.78 is 6.11. The van der Waals surface area contributed by atoms with E-state index in [0.29, 0.717) is 22.5 Å². The number of nitro benzene ring substituents is 1. The summed E-state index contributed by atoms with van der Waals surface area (Å²) in [6.45, 7) is 3.69. The summed E-state index contributed by atoms with van der Waals surface area (Å²) in [5, 5.41) is 23.2. The molecule has 0 unspecified atom stereocenters. The highest BCUT2D eigenvalue weighted by molar-refractivity contribution is 7.99. The van der Waals surface area contributed by atoms with Gasteiger partial charge in [0.1, 0.15) is 0 Å². The van der Waals surface area contributed by atoms with Crippen molar-refractivity contribution < 1.29 is 9.66 Å². The highest BCUT2D eigenvalue weighted by atomic mass is 32.2. The summed E-state index contributed by atoms with van der Waals surface area (Å²) >= 11 is 1.41. The molecule has 1 N–H and O–H groups in total. The normalized spacial score (nSPS) is 14.6. The van der Waals surface area contributed by atoms with Crippen LogP contribution >= 0.6 is 11.8 Å². The van der Waals surface area contributed by atoms with E-state index in [0.717, 1.165) is 16.8 Å². The number of nitrogens with one attached hydrogen (secondary N) is 1. The van der Waals surface area contributed by atoms with Crippen LogP contribution in [0, 0.1) is 10.1 Å². The van der Waals surface area contributed by atoms with E-state index < -0.39 is 11.2 Å². The number of aromatic nitrogens is 3. The molecule has 4 rings (SSSR count). The van der Waals surface area contributed by atoms with E-state index >= 15 is 0 Å². The topological polar surface area (TPSA) is 103 Å². The lowest BCUT2D eigenvalue weighted by Crippen LogP contribution is -2.17. The summed E-state index contributed by atoms with van der Waals surface area (Å²) in [6, 6.07) is 13.8. The zero-order valence-electron chi connectivity index (χ0n) is 14.6. The van der Waals surface area contributed by atoms with Crippen molar-refractivity contribution in [1.82, 2.24) is 15.2 Å². The Kier molecular flexibility index (Phi) is 4.90. The number of nitrogens with zero attached hydrogens (tertiary/aromatic N) is 4. The van der Waals surface area contributed by atoms with Gasteiger partial charge in [-0.3, -0.25) is 10.1 Å². The lowest BCUT2D eigenvalue weighted by molar-refractivity contribution is -0.384. The number of nitro groups is 1. The fraction of sp³-hybridized carbons (Fsp3) is 0.105. The maximum atomic E-state index is 10.9. The number of non-ortho nitro benzene ring substituents is 1. The number of para-hydroxylation sites is 1. The second-order valence-electron chi connectivity index (χ2n) is 5.88. The molecule has 0 fully saturated rings. The first-order chi connectivity index (χ1) is 13.7. The molecule has 1 aliphatic rings. The number of hydrogen-bond donors (Lipinski definition) is 1.